The van der Waals surface area contributed by atoms with Gasteiger partial charge in [-0.25, -0.2) is 13.4 Å². The fraction of sp³-hybridized carbons (Fsp3) is 0.600. The molecule has 6 nitrogen and oxygen atoms in total. The molecule has 1 unspecified atom stereocenters. The van der Waals surface area contributed by atoms with Gasteiger partial charge in [0.1, 0.15) is 5.82 Å². The van der Waals surface area contributed by atoms with Crippen molar-refractivity contribution in [3.8, 4) is 0 Å². The van der Waals surface area contributed by atoms with Crippen LogP contribution in [0.2, 0.25) is 0 Å². The lowest BCUT2D eigenvalue weighted by atomic mass is 10.2. The molecule has 0 radical (unpaired) electrons. The number of rotatable bonds is 3. The van der Waals surface area contributed by atoms with Crippen molar-refractivity contribution in [1.82, 2.24) is 9.97 Å². The topological polar surface area (TPSA) is 83.4 Å². The molecule has 1 aliphatic rings. The third-order valence-electron chi connectivity index (χ3n) is 2.97. The van der Waals surface area contributed by atoms with E-state index >= 15 is 0 Å². The van der Waals surface area contributed by atoms with Gasteiger partial charge in [0.05, 0.1) is 36.2 Å². The number of nitrogens with zero attached hydrogens (tertiary/aromatic N) is 3. The van der Waals surface area contributed by atoms with Gasteiger partial charge in [0.25, 0.3) is 0 Å². The van der Waals surface area contributed by atoms with Gasteiger partial charge >= 0.3 is 0 Å². The maximum atomic E-state index is 11.4. The van der Waals surface area contributed by atoms with E-state index in [0.29, 0.717) is 17.9 Å². The molecule has 0 aromatic carbocycles. The molecule has 1 atom stereocenters. The lowest BCUT2D eigenvalue weighted by Gasteiger charge is -2.23. The predicted molar refractivity (Wildman–Crippen MR) is 63.4 cm³/mol. The van der Waals surface area contributed by atoms with Crippen LogP contribution in [0, 0.1) is 0 Å². The highest BCUT2D eigenvalue weighted by atomic mass is 32.2. The Kier molecular flexibility index (Phi) is 3.30. The first-order chi connectivity index (χ1) is 8.02. The van der Waals surface area contributed by atoms with Crippen molar-refractivity contribution in [2.45, 2.75) is 19.1 Å². The molecule has 2 heterocycles. The molecule has 0 saturated carbocycles. The molecule has 0 aliphatic carbocycles. The van der Waals surface area contributed by atoms with Crippen LogP contribution in [-0.4, -0.2) is 48.1 Å². The lowest BCUT2D eigenvalue weighted by molar-refractivity contribution is 0.276. The molecule has 0 bridgehead atoms. The summed E-state index contributed by atoms with van der Waals surface area (Å²) in [5.41, 5.74) is 0.501. The predicted octanol–water partition coefficient (Wildman–Crippen LogP) is -0.408. The Labute approximate surface area is 100 Å². The maximum absolute atomic E-state index is 11.4. The van der Waals surface area contributed by atoms with Gasteiger partial charge in [-0.1, -0.05) is 0 Å². The van der Waals surface area contributed by atoms with Crippen LogP contribution in [0.3, 0.4) is 0 Å². The van der Waals surface area contributed by atoms with Gasteiger partial charge in [-0.2, -0.15) is 0 Å². The standard InChI is InChI=1S/C10H15N3O3S/c1-13(9-2-3-17(15,16)7-9)10-5-11-8(6-14)4-12-10/h4-5,9,14H,2-3,6-7H2,1H3. The molecule has 1 saturated heterocycles. The summed E-state index contributed by atoms with van der Waals surface area (Å²) >= 11 is 0. The number of aliphatic hydroxyl groups is 1. The number of sulfone groups is 1. The minimum Gasteiger partial charge on any atom is -0.390 e. The van der Waals surface area contributed by atoms with Crippen LogP contribution in [0.5, 0.6) is 0 Å². The summed E-state index contributed by atoms with van der Waals surface area (Å²) in [5, 5.41) is 8.85. The first-order valence-corrected chi connectivity index (χ1v) is 7.19. The van der Waals surface area contributed by atoms with Crippen molar-refractivity contribution in [1.29, 1.82) is 0 Å². The Morgan fingerprint density at radius 3 is 2.71 bits per heavy atom. The summed E-state index contributed by atoms with van der Waals surface area (Å²) < 4.78 is 22.8. The summed E-state index contributed by atoms with van der Waals surface area (Å²) in [5.74, 6) is 1.04. The van der Waals surface area contributed by atoms with E-state index in [1.165, 1.54) is 6.20 Å². The van der Waals surface area contributed by atoms with Crippen molar-refractivity contribution in [2.75, 3.05) is 23.5 Å². The SMILES string of the molecule is CN(c1cnc(CO)cn1)C1CCS(=O)(=O)C1. The molecule has 1 aromatic rings. The van der Waals surface area contributed by atoms with E-state index in [2.05, 4.69) is 9.97 Å². The molecule has 0 spiro atoms. The van der Waals surface area contributed by atoms with Crippen LogP contribution in [0.1, 0.15) is 12.1 Å². The number of aliphatic hydroxyl groups excluding tert-OH is 1. The van der Waals surface area contributed by atoms with Crippen molar-refractivity contribution < 1.29 is 13.5 Å². The minimum absolute atomic E-state index is 0.0331. The molecule has 1 N–H and O–H groups in total. The molecule has 17 heavy (non-hydrogen) atoms. The van der Waals surface area contributed by atoms with Crippen LogP contribution < -0.4 is 4.90 Å². The summed E-state index contributed by atoms with van der Waals surface area (Å²) in [7, 11) is -1.08. The third kappa shape index (κ3) is 2.73. The summed E-state index contributed by atoms with van der Waals surface area (Å²) in [6.45, 7) is -0.144. The molecular formula is C10H15N3O3S. The number of aromatic nitrogens is 2. The molecular weight excluding hydrogens is 242 g/mol. The van der Waals surface area contributed by atoms with Gasteiger partial charge in [-0.3, -0.25) is 4.98 Å². The molecule has 1 aromatic heterocycles. The van der Waals surface area contributed by atoms with Gasteiger partial charge < -0.3 is 10.0 Å². The number of anilines is 1. The van der Waals surface area contributed by atoms with E-state index in [4.69, 9.17) is 5.11 Å². The van der Waals surface area contributed by atoms with E-state index in [0.717, 1.165) is 0 Å². The highest BCUT2D eigenvalue weighted by Gasteiger charge is 2.31. The quantitative estimate of drug-likeness (QED) is 0.792. The lowest BCUT2D eigenvalue weighted by Crippen LogP contribution is -2.33. The zero-order valence-corrected chi connectivity index (χ0v) is 10.4. The first kappa shape index (κ1) is 12.3. The zero-order chi connectivity index (χ0) is 12.5. The Balaban J connectivity index is 2.11. The smallest absolute Gasteiger partial charge is 0.152 e. The summed E-state index contributed by atoms with van der Waals surface area (Å²) in [4.78, 5) is 10.0. The second kappa shape index (κ2) is 4.58. The molecule has 94 valence electrons. The molecule has 1 fully saturated rings. The zero-order valence-electron chi connectivity index (χ0n) is 9.57. The van der Waals surface area contributed by atoms with Crippen LogP contribution in [0.25, 0.3) is 0 Å². The largest absolute Gasteiger partial charge is 0.390 e. The first-order valence-electron chi connectivity index (χ1n) is 5.37. The molecule has 1 aliphatic heterocycles. The van der Waals surface area contributed by atoms with Crippen molar-refractivity contribution >= 4 is 15.7 Å². The average molecular weight is 257 g/mol. The van der Waals surface area contributed by atoms with Crippen molar-refractivity contribution in [3.63, 3.8) is 0 Å². The third-order valence-corrected chi connectivity index (χ3v) is 4.72. The van der Waals surface area contributed by atoms with E-state index in [-0.39, 0.29) is 24.2 Å². The highest BCUT2D eigenvalue weighted by molar-refractivity contribution is 7.91. The Bertz CT molecular complexity index is 486. The van der Waals surface area contributed by atoms with E-state index in [1.54, 1.807) is 6.20 Å². The molecule has 0 amide bonds. The van der Waals surface area contributed by atoms with Crippen LogP contribution in [0.15, 0.2) is 12.4 Å². The second-order valence-corrected chi connectivity index (χ2v) is 6.42. The van der Waals surface area contributed by atoms with E-state index < -0.39 is 9.84 Å². The summed E-state index contributed by atoms with van der Waals surface area (Å²) in [6, 6.07) is -0.0331. The normalized spacial score (nSPS) is 22.6. The van der Waals surface area contributed by atoms with Gasteiger partial charge in [-0.05, 0) is 6.42 Å². The average Bonchev–Trinajstić information content (AvgIpc) is 2.69. The molecule has 2 rings (SSSR count). The van der Waals surface area contributed by atoms with Gasteiger partial charge in [0.2, 0.25) is 0 Å². The van der Waals surface area contributed by atoms with Crippen molar-refractivity contribution in [3.05, 3.63) is 18.1 Å². The van der Waals surface area contributed by atoms with Crippen molar-refractivity contribution in [2.24, 2.45) is 0 Å². The number of hydrogen-bond acceptors (Lipinski definition) is 6. The summed E-state index contributed by atoms with van der Waals surface area (Å²) in [6.07, 6.45) is 3.67. The Hall–Kier alpha value is -1.21. The van der Waals surface area contributed by atoms with E-state index in [9.17, 15) is 8.42 Å². The maximum Gasteiger partial charge on any atom is 0.152 e. The van der Waals surface area contributed by atoms with Gasteiger partial charge in [0.15, 0.2) is 9.84 Å². The monoisotopic (exact) mass is 257 g/mol. The van der Waals surface area contributed by atoms with E-state index in [1.807, 2.05) is 11.9 Å². The van der Waals surface area contributed by atoms with Crippen LogP contribution in [0.4, 0.5) is 5.82 Å². The Morgan fingerprint density at radius 2 is 2.24 bits per heavy atom. The fourth-order valence-electron chi connectivity index (χ4n) is 1.88. The minimum atomic E-state index is -2.89. The fourth-order valence-corrected chi connectivity index (χ4v) is 3.65. The van der Waals surface area contributed by atoms with Gasteiger partial charge in [0, 0.05) is 13.1 Å². The highest BCUT2D eigenvalue weighted by Crippen LogP contribution is 2.20. The van der Waals surface area contributed by atoms with Crippen LogP contribution >= 0.6 is 0 Å². The number of hydrogen-bond donors (Lipinski definition) is 1. The second-order valence-electron chi connectivity index (χ2n) is 4.19. The molecule has 7 heteroatoms. The van der Waals surface area contributed by atoms with Crippen LogP contribution in [-0.2, 0) is 16.4 Å². The Morgan fingerprint density at radius 1 is 1.47 bits per heavy atom. The van der Waals surface area contributed by atoms with Gasteiger partial charge in [-0.15, -0.1) is 0 Å².